The van der Waals surface area contributed by atoms with Crippen LogP contribution in [0.15, 0.2) is 34.5 Å². The summed E-state index contributed by atoms with van der Waals surface area (Å²) >= 11 is 3.03. The summed E-state index contributed by atoms with van der Waals surface area (Å²) < 4.78 is 0. The van der Waals surface area contributed by atoms with Crippen molar-refractivity contribution in [2.45, 2.75) is 37.6 Å². The molecule has 1 aliphatic rings. The molecule has 2 aromatic rings. The molecule has 2 amide bonds. The molecule has 3 rings (SSSR count). The second kappa shape index (κ2) is 9.28. The smallest absolute Gasteiger partial charge is 0.255 e. The Balaban J connectivity index is 1.57. The van der Waals surface area contributed by atoms with E-state index in [4.69, 9.17) is 10.7 Å². The second-order valence-electron chi connectivity index (χ2n) is 8.21. The monoisotopic (exact) mass is 432 g/mol. The van der Waals surface area contributed by atoms with Crippen molar-refractivity contribution in [1.82, 2.24) is 14.8 Å². The molecule has 8 heteroatoms. The van der Waals surface area contributed by atoms with Gasteiger partial charge in [0.05, 0.1) is 22.0 Å². The molecule has 0 bridgehead atoms. The van der Waals surface area contributed by atoms with Gasteiger partial charge < -0.3 is 10.6 Å². The predicted molar refractivity (Wildman–Crippen MR) is 118 cm³/mol. The summed E-state index contributed by atoms with van der Waals surface area (Å²) in [5.41, 5.74) is 7.07. The molecular weight excluding hydrogens is 404 g/mol. The minimum atomic E-state index is -0.387. The largest absolute Gasteiger partial charge is 0.369 e. The molecule has 1 aromatic heterocycles. The first-order chi connectivity index (χ1) is 13.7. The van der Waals surface area contributed by atoms with E-state index in [0.717, 1.165) is 35.2 Å². The van der Waals surface area contributed by atoms with Gasteiger partial charge in [-0.3, -0.25) is 14.5 Å². The Labute approximate surface area is 180 Å². The molecule has 0 atom stereocenters. The number of aromatic nitrogens is 1. The molecule has 156 valence electrons. The van der Waals surface area contributed by atoms with E-state index in [-0.39, 0.29) is 23.0 Å². The van der Waals surface area contributed by atoms with Gasteiger partial charge in [-0.1, -0.05) is 32.9 Å². The first kappa shape index (κ1) is 21.8. The fraction of sp³-hybridized carbons (Fsp3) is 0.476. The first-order valence-corrected chi connectivity index (χ1v) is 11.6. The number of amides is 2. The Kier molecular flexibility index (Phi) is 6.97. The Hall–Kier alpha value is -1.90. The topological polar surface area (TPSA) is 79.5 Å². The highest BCUT2D eigenvalue weighted by atomic mass is 32.2. The number of primary amides is 1. The summed E-state index contributed by atoms with van der Waals surface area (Å²) in [7, 11) is 0. The highest BCUT2D eigenvalue weighted by Crippen LogP contribution is 2.27. The van der Waals surface area contributed by atoms with E-state index >= 15 is 0 Å². The van der Waals surface area contributed by atoms with Crippen LogP contribution in [0.4, 0.5) is 0 Å². The number of carbonyl (C=O) groups excluding carboxylic acids is 2. The second-order valence-corrected chi connectivity index (χ2v) is 10.1. The Morgan fingerprint density at radius 1 is 1.17 bits per heavy atom. The zero-order valence-electron chi connectivity index (χ0n) is 17.2. The van der Waals surface area contributed by atoms with Gasteiger partial charge in [-0.25, -0.2) is 4.98 Å². The number of thioether (sulfide) groups is 1. The summed E-state index contributed by atoms with van der Waals surface area (Å²) in [4.78, 5) is 33.9. The number of rotatable bonds is 6. The van der Waals surface area contributed by atoms with Crippen LogP contribution < -0.4 is 5.73 Å². The van der Waals surface area contributed by atoms with Gasteiger partial charge in [0.15, 0.2) is 0 Å². The van der Waals surface area contributed by atoms with Crippen LogP contribution in [0.1, 0.15) is 41.8 Å². The maximum Gasteiger partial charge on any atom is 0.255 e. The molecule has 1 aliphatic heterocycles. The highest BCUT2D eigenvalue weighted by Gasteiger charge is 2.25. The van der Waals surface area contributed by atoms with Crippen LogP contribution in [0.25, 0.3) is 0 Å². The molecule has 2 N–H and O–H groups in total. The van der Waals surface area contributed by atoms with Crippen molar-refractivity contribution >= 4 is 34.9 Å². The van der Waals surface area contributed by atoms with Crippen LogP contribution >= 0.6 is 23.1 Å². The van der Waals surface area contributed by atoms with Crippen LogP contribution in [0, 0.1) is 0 Å². The van der Waals surface area contributed by atoms with E-state index in [1.165, 1.54) is 11.8 Å². The molecule has 6 nitrogen and oxygen atoms in total. The van der Waals surface area contributed by atoms with E-state index in [0.29, 0.717) is 18.7 Å². The zero-order chi connectivity index (χ0) is 21.0. The third kappa shape index (κ3) is 5.81. The lowest BCUT2D eigenvalue weighted by atomic mass is 9.98. The number of carbonyl (C=O) groups is 2. The summed E-state index contributed by atoms with van der Waals surface area (Å²) in [6.07, 6.45) is 0. The lowest BCUT2D eigenvalue weighted by Gasteiger charge is -2.34. The maximum atomic E-state index is 13.0. The molecule has 1 saturated heterocycles. The molecule has 2 heterocycles. The predicted octanol–water partition coefficient (Wildman–Crippen LogP) is 2.98. The number of piperazine rings is 1. The van der Waals surface area contributed by atoms with Gasteiger partial charge in [0.25, 0.3) is 5.91 Å². The van der Waals surface area contributed by atoms with Crippen LogP contribution in [-0.4, -0.2) is 58.5 Å². The SMILES string of the molecule is CC(C)(C)c1nc(CN2CCN(C(=O)c3ccccc3SCC(N)=O)CC2)cs1. The normalized spacial score (nSPS) is 15.5. The van der Waals surface area contributed by atoms with Crippen molar-refractivity contribution in [2.75, 3.05) is 31.9 Å². The quantitative estimate of drug-likeness (QED) is 0.710. The first-order valence-electron chi connectivity index (χ1n) is 9.70. The summed E-state index contributed by atoms with van der Waals surface area (Å²) in [5, 5.41) is 3.30. The van der Waals surface area contributed by atoms with Crippen LogP contribution in [0.5, 0.6) is 0 Å². The summed E-state index contributed by atoms with van der Waals surface area (Å²) in [6.45, 7) is 10.4. The van der Waals surface area contributed by atoms with E-state index in [1.807, 2.05) is 29.2 Å². The summed E-state index contributed by atoms with van der Waals surface area (Å²) in [6, 6.07) is 7.41. The third-order valence-corrected chi connectivity index (χ3v) is 7.14. The van der Waals surface area contributed by atoms with E-state index in [9.17, 15) is 9.59 Å². The number of hydrogen-bond donors (Lipinski definition) is 1. The molecular formula is C21H28N4O2S2. The fourth-order valence-electron chi connectivity index (χ4n) is 3.15. The van der Waals surface area contributed by atoms with Crippen molar-refractivity contribution < 1.29 is 9.59 Å². The molecule has 0 saturated carbocycles. The van der Waals surface area contributed by atoms with Gasteiger partial charge in [0.2, 0.25) is 5.91 Å². The lowest BCUT2D eigenvalue weighted by molar-refractivity contribution is -0.115. The maximum absolute atomic E-state index is 13.0. The minimum absolute atomic E-state index is 0.0147. The van der Waals surface area contributed by atoms with Crippen LogP contribution in [0.2, 0.25) is 0 Å². The third-order valence-electron chi connectivity index (χ3n) is 4.73. The Morgan fingerprint density at radius 2 is 1.86 bits per heavy atom. The molecule has 1 aromatic carbocycles. The highest BCUT2D eigenvalue weighted by molar-refractivity contribution is 8.00. The van der Waals surface area contributed by atoms with Gasteiger partial charge in [-0.2, -0.15) is 0 Å². The van der Waals surface area contributed by atoms with Gasteiger partial charge >= 0.3 is 0 Å². The molecule has 29 heavy (non-hydrogen) atoms. The van der Waals surface area contributed by atoms with Gasteiger partial charge in [0.1, 0.15) is 0 Å². The number of hydrogen-bond acceptors (Lipinski definition) is 6. The van der Waals surface area contributed by atoms with Crippen molar-refractivity contribution in [3.8, 4) is 0 Å². The summed E-state index contributed by atoms with van der Waals surface area (Å²) in [5.74, 6) is -0.203. The molecule has 0 radical (unpaired) electrons. The van der Waals surface area contributed by atoms with E-state index in [2.05, 4.69) is 31.1 Å². The van der Waals surface area contributed by atoms with Crippen LogP contribution in [-0.2, 0) is 16.8 Å². The molecule has 0 unspecified atom stereocenters. The van der Waals surface area contributed by atoms with Crippen molar-refractivity contribution in [3.63, 3.8) is 0 Å². The van der Waals surface area contributed by atoms with Crippen LogP contribution in [0.3, 0.4) is 0 Å². The fourth-order valence-corrected chi connectivity index (χ4v) is 4.83. The number of nitrogens with two attached hydrogens (primary N) is 1. The van der Waals surface area contributed by atoms with E-state index in [1.54, 1.807) is 11.3 Å². The Morgan fingerprint density at radius 3 is 2.48 bits per heavy atom. The molecule has 0 spiro atoms. The molecule has 1 fully saturated rings. The number of nitrogens with zero attached hydrogens (tertiary/aromatic N) is 3. The number of benzene rings is 1. The average Bonchev–Trinajstić information content (AvgIpc) is 3.16. The van der Waals surface area contributed by atoms with Gasteiger partial charge in [-0.15, -0.1) is 23.1 Å². The van der Waals surface area contributed by atoms with E-state index < -0.39 is 0 Å². The lowest BCUT2D eigenvalue weighted by Crippen LogP contribution is -2.48. The zero-order valence-corrected chi connectivity index (χ0v) is 18.8. The number of thiazole rings is 1. The minimum Gasteiger partial charge on any atom is -0.369 e. The standard InChI is InChI=1S/C21H28N4O2S2/c1-21(2,3)20-23-15(13-29-20)12-24-8-10-25(11-9-24)19(27)16-6-4-5-7-17(16)28-14-18(22)26/h4-7,13H,8-12,14H2,1-3H3,(H2,22,26). The van der Waals surface area contributed by atoms with Gasteiger partial charge in [-0.05, 0) is 12.1 Å². The van der Waals surface area contributed by atoms with Crippen molar-refractivity contribution in [3.05, 3.63) is 45.9 Å². The Bertz CT molecular complexity index is 868. The molecule has 0 aliphatic carbocycles. The van der Waals surface area contributed by atoms with Gasteiger partial charge in [0, 0.05) is 48.4 Å². The van der Waals surface area contributed by atoms with Crippen molar-refractivity contribution in [2.24, 2.45) is 5.73 Å². The van der Waals surface area contributed by atoms with Crippen molar-refractivity contribution in [1.29, 1.82) is 0 Å². The average molecular weight is 433 g/mol.